The highest BCUT2D eigenvalue weighted by molar-refractivity contribution is 7.10. The van der Waals surface area contributed by atoms with Gasteiger partial charge in [-0.15, -0.1) is 11.3 Å². The molecule has 0 radical (unpaired) electrons. The van der Waals surface area contributed by atoms with E-state index >= 15 is 0 Å². The van der Waals surface area contributed by atoms with Gasteiger partial charge in [0.1, 0.15) is 0 Å². The Morgan fingerprint density at radius 3 is 2.73 bits per heavy atom. The summed E-state index contributed by atoms with van der Waals surface area (Å²) in [4.78, 5) is 1.42. The highest BCUT2D eigenvalue weighted by atomic mass is 32.1. The first kappa shape index (κ1) is 12.7. The van der Waals surface area contributed by atoms with Gasteiger partial charge in [0.2, 0.25) is 0 Å². The van der Waals surface area contributed by atoms with E-state index in [1.165, 1.54) is 10.4 Å². The van der Waals surface area contributed by atoms with Gasteiger partial charge in [0, 0.05) is 11.4 Å². The second-order valence-corrected chi connectivity index (χ2v) is 5.35. The van der Waals surface area contributed by atoms with Gasteiger partial charge in [-0.25, -0.2) is 0 Å². The van der Waals surface area contributed by atoms with Crippen LogP contribution in [0.4, 0.5) is 0 Å². The van der Waals surface area contributed by atoms with E-state index < -0.39 is 0 Å². The summed E-state index contributed by atoms with van der Waals surface area (Å²) in [6, 6.07) is 2.15. The van der Waals surface area contributed by atoms with Crippen molar-refractivity contribution in [1.29, 1.82) is 0 Å². The minimum Gasteiger partial charge on any atom is -0.393 e. The van der Waals surface area contributed by atoms with Crippen molar-refractivity contribution in [3.05, 3.63) is 21.9 Å². The monoisotopic (exact) mass is 227 g/mol. The van der Waals surface area contributed by atoms with Crippen LogP contribution in [0.25, 0.3) is 0 Å². The maximum Gasteiger partial charge on any atom is 0.0515 e. The summed E-state index contributed by atoms with van der Waals surface area (Å²) >= 11 is 1.80. The Kier molecular flexibility index (Phi) is 5.29. The first-order valence-electron chi connectivity index (χ1n) is 5.51. The molecule has 0 bridgehead atoms. The minimum absolute atomic E-state index is 0.190. The van der Waals surface area contributed by atoms with Crippen molar-refractivity contribution in [1.82, 2.24) is 5.32 Å². The number of thiophene rings is 1. The number of hydrogen-bond donors (Lipinski definition) is 2. The molecule has 1 aromatic heterocycles. The minimum atomic E-state index is -0.190. The van der Waals surface area contributed by atoms with Crippen molar-refractivity contribution in [3.63, 3.8) is 0 Å². The predicted octanol–water partition coefficient (Wildman–Crippen LogP) is 2.55. The van der Waals surface area contributed by atoms with Crippen molar-refractivity contribution in [2.24, 2.45) is 5.92 Å². The maximum absolute atomic E-state index is 9.22. The molecule has 1 rings (SSSR count). The first-order valence-corrected chi connectivity index (χ1v) is 6.39. The van der Waals surface area contributed by atoms with Crippen LogP contribution in [0.15, 0.2) is 11.4 Å². The number of rotatable bonds is 6. The fourth-order valence-corrected chi connectivity index (χ4v) is 2.56. The highest BCUT2D eigenvalue weighted by Gasteiger charge is 2.06. The van der Waals surface area contributed by atoms with E-state index in [0.717, 1.165) is 19.5 Å². The molecule has 1 aromatic rings. The van der Waals surface area contributed by atoms with Gasteiger partial charge < -0.3 is 10.4 Å². The molecule has 0 spiro atoms. The molecule has 0 saturated heterocycles. The van der Waals surface area contributed by atoms with Gasteiger partial charge in [0.05, 0.1) is 6.10 Å². The van der Waals surface area contributed by atoms with Gasteiger partial charge in [-0.2, -0.15) is 0 Å². The third-order valence-electron chi connectivity index (χ3n) is 2.49. The van der Waals surface area contributed by atoms with Crippen LogP contribution in [0.3, 0.4) is 0 Å². The summed E-state index contributed by atoms with van der Waals surface area (Å²) in [5.74, 6) is 0.533. The number of aliphatic hydroxyl groups is 1. The standard InChI is InChI=1S/C12H21NOS/c1-9(6-11(3)14)7-13-8-12-10(2)4-5-15-12/h4-5,9,11,13-14H,6-8H2,1-3H3. The Bertz CT molecular complexity index is 283. The lowest BCUT2D eigenvalue weighted by Crippen LogP contribution is -2.23. The molecule has 2 N–H and O–H groups in total. The van der Waals surface area contributed by atoms with Gasteiger partial charge in [-0.1, -0.05) is 6.92 Å². The molecular formula is C12H21NOS. The summed E-state index contributed by atoms with van der Waals surface area (Å²) in [5.41, 5.74) is 1.37. The first-order chi connectivity index (χ1) is 7.09. The SMILES string of the molecule is Cc1ccsc1CNCC(C)CC(C)O. The normalized spacial score (nSPS) is 15.2. The average Bonchev–Trinajstić information content (AvgIpc) is 2.50. The number of aliphatic hydroxyl groups excluding tert-OH is 1. The predicted molar refractivity (Wildman–Crippen MR) is 66.2 cm³/mol. The Morgan fingerprint density at radius 1 is 1.47 bits per heavy atom. The summed E-state index contributed by atoms with van der Waals surface area (Å²) in [7, 11) is 0. The summed E-state index contributed by atoms with van der Waals surface area (Å²) in [6.07, 6.45) is 0.682. The molecule has 3 heteroatoms. The zero-order chi connectivity index (χ0) is 11.3. The maximum atomic E-state index is 9.22. The second kappa shape index (κ2) is 6.26. The van der Waals surface area contributed by atoms with Crippen molar-refractivity contribution in [2.75, 3.05) is 6.54 Å². The molecule has 2 atom stereocenters. The van der Waals surface area contributed by atoms with Crippen molar-refractivity contribution >= 4 is 11.3 Å². The van der Waals surface area contributed by atoms with Crippen molar-refractivity contribution < 1.29 is 5.11 Å². The molecule has 0 aliphatic carbocycles. The van der Waals surface area contributed by atoms with Crippen molar-refractivity contribution in [3.8, 4) is 0 Å². The molecule has 86 valence electrons. The zero-order valence-electron chi connectivity index (χ0n) is 9.79. The van der Waals surface area contributed by atoms with Crippen LogP contribution in [0.5, 0.6) is 0 Å². The van der Waals surface area contributed by atoms with E-state index in [1.54, 1.807) is 11.3 Å². The van der Waals surface area contributed by atoms with Crippen LogP contribution < -0.4 is 5.32 Å². The van der Waals surface area contributed by atoms with E-state index in [4.69, 9.17) is 0 Å². The van der Waals surface area contributed by atoms with Gasteiger partial charge in [0.25, 0.3) is 0 Å². The lowest BCUT2D eigenvalue weighted by Gasteiger charge is -2.13. The quantitative estimate of drug-likeness (QED) is 0.783. The smallest absolute Gasteiger partial charge is 0.0515 e. The Morgan fingerprint density at radius 2 is 2.20 bits per heavy atom. The van der Waals surface area contributed by atoms with Gasteiger partial charge in [-0.3, -0.25) is 0 Å². The molecular weight excluding hydrogens is 206 g/mol. The Labute approximate surface area is 96.3 Å². The Hall–Kier alpha value is -0.380. The topological polar surface area (TPSA) is 32.3 Å². The molecule has 0 aromatic carbocycles. The van der Waals surface area contributed by atoms with Crippen LogP contribution in [-0.4, -0.2) is 17.8 Å². The molecule has 15 heavy (non-hydrogen) atoms. The van der Waals surface area contributed by atoms with E-state index in [2.05, 4.69) is 30.6 Å². The third-order valence-corrected chi connectivity index (χ3v) is 3.51. The molecule has 0 aliphatic heterocycles. The van der Waals surface area contributed by atoms with Gasteiger partial charge in [0.15, 0.2) is 0 Å². The highest BCUT2D eigenvalue weighted by Crippen LogP contribution is 2.15. The van der Waals surface area contributed by atoms with Crippen LogP contribution in [0.2, 0.25) is 0 Å². The molecule has 2 nitrogen and oxygen atoms in total. The number of nitrogens with one attached hydrogen (secondary N) is 1. The van der Waals surface area contributed by atoms with E-state index in [1.807, 2.05) is 6.92 Å². The van der Waals surface area contributed by atoms with Crippen LogP contribution in [0.1, 0.15) is 30.7 Å². The molecule has 0 amide bonds. The van der Waals surface area contributed by atoms with Gasteiger partial charge in [-0.05, 0) is 49.7 Å². The Balaban J connectivity index is 2.19. The number of aryl methyl sites for hydroxylation is 1. The lowest BCUT2D eigenvalue weighted by molar-refractivity contribution is 0.163. The average molecular weight is 227 g/mol. The third kappa shape index (κ3) is 4.78. The van der Waals surface area contributed by atoms with Crippen LogP contribution in [-0.2, 0) is 6.54 Å². The van der Waals surface area contributed by atoms with E-state index in [-0.39, 0.29) is 6.10 Å². The zero-order valence-corrected chi connectivity index (χ0v) is 10.6. The van der Waals surface area contributed by atoms with Crippen LogP contribution >= 0.6 is 11.3 Å². The molecule has 0 aliphatic rings. The van der Waals surface area contributed by atoms with Crippen molar-refractivity contribution in [2.45, 2.75) is 39.8 Å². The van der Waals surface area contributed by atoms with Gasteiger partial charge >= 0.3 is 0 Å². The summed E-state index contributed by atoms with van der Waals surface area (Å²) < 4.78 is 0. The van der Waals surface area contributed by atoms with E-state index in [9.17, 15) is 5.11 Å². The number of hydrogen-bond acceptors (Lipinski definition) is 3. The second-order valence-electron chi connectivity index (χ2n) is 4.35. The fraction of sp³-hybridized carbons (Fsp3) is 0.667. The van der Waals surface area contributed by atoms with Crippen LogP contribution in [0, 0.1) is 12.8 Å². The summed E-state index contributed by atoms with van der Waals surface area (Å²) in [5, 5.41) is 14.8. The molecule has 2 unspecified atom stereocenters. The molecule has 1 heterocycles. The molecule has 0 fully saturated rings. The van der Waals surface area contributed by atoms with E-state index in [0.29, 0.717) is 5.92 Å². The fourth-order valence-electron chi connectivity index (χ4n) is 1.68. The lowest BCUT2D eigenvalue weighted by atomic mass is 10.0. The summed E-state index contributed by atoms with van der Waals surface area (Å²) in [6.45, 7) is 8.09. The molecule has 0 saturated carbocycles. The largest absolute Gasteiger partial charge is 0.393 e.